The van der Waals surface area contributed by atoms with Crippen LogP contribution in [0.5, 0.6) is 5.75 Å². The lowest BCUT2D eigenvalue weighted by molar-refractivity contribution is -0.729. The standard InChI is InChI=1S/C21H25ClN2O/c1-4-14-5-7-15(8-6-14)18-12-19(24-21(23-18)13(2)3)17-11-16(22)9-10-20(17)25/h5-13,19,21,23-25H,4H2,1-3H3/p+1. The van der Waals surface area contributed by atoms with Crippen LogP contribution in [-0.4, -0.2) is 11.3 Å². The van der Waals surface area contributed by atoms with E-state index in [0.29, 0.717) is 10.9 Å². The Bertz CT molecular complexity index is 768. The van der Waals surface area contributed by atoms with E-state index in [9.17, 15) is 5.11 Å². The molecule has 0 amide bonds. The minimum absolute atomic E-state index is 0.0215. The predicted molar refractivity (Wildman–Crippen MR) is 103 cm³/mol. The summed E-state index contributed by atoms with van der Waals surface area (Å²) in [4.78, 5) is 0. The SMILES string of the molecule is CCc1ccc(C2=CC(c3cc(Cl)ccc3O)[NH2+]C(C(C)C)N2)cc1. The zero-order valence-corrected chi connectivity index (χ0v) is 15.7. The van der Waals surface area contributed by atoms with Crippen LogP contribution in [0.4, 0.5) is 0 Å². The number of aryl methyl sites for hydroxylation is 1. The largest absolute Gasteiger partial charge is 0.507 e. The molecule has 0 aliphatic carbocycles. The van der Waals surface area contributed by atoms with Crippen LogP contribution in [0, 0.1) is 5.92 Å². The summed E-state index contributed by atoms with van der Waals surface area (Å²) >= 11 is 6.16. The zero-order valence-electron chi connectivity index (χ0n) is 15.0. The highest BCUT2D eigenvalue weighted by atomic mass is 35.5. The molecule has 2 atom stereocenters. The molecule has 0 fully saturated rings. The molecule has 4 N–H and O–H groups in total. The van der Waals surface area contributed by atoms with Gasteiger partial charge in [0.05, 0.1) is 5.56 Å². The molecule has 4 heteroatoms. The first-order valence-electron chi connectivity index (χ1n) is 8.89. The maximum absolute atomic E-state index is 10.3. The van der Waals surface area contributed by atoms with Gasteiger partial charge in [0.2, 0.25) is 0 Å². The number of hydrogen-bond acceptors (Lipinski definition) is 2. The van der Waals surface area contributed by atoms with Crippen molar-refractivity contribution in [1.82, 2.24) is 5.32 Å². The first kappa shape index (κ1) is 17.8. The molecule has 132 valence electrons. The Balaban J connectivity index is 2.00. The lowest BCUT2D eigenvalue weighted by Crippen LogP contribution is -2.96. The maximum Gasteiger partial charge on any atom is 0.162 e. The van der Waals surface area contributed by atoms with Gasteiger partial charge in [-0.05, 0) is 35.7 Å². The number of phenolic OH excluding ortho intramolecular Hbond substituents is 1. The number of rotatable bonds is 4. The van der Waals surface area contributed by atoms with E-state index in [1.807, 2.05) is 6.07 Å². The van der Waals surface area contributed by atoms with Gasteiger partial charge in [0.1, 0.15) is 11.8 Å². The molecule has 3 rings (SSSR count). The summed E-state index contributed by atoms with van der Waals surface area (Å²) in [5.74, 6) is 0.731. The molecule has 0 bridgehead atoms. The highest BCUT2D eigenvalue weighted by molar-refractivity contribution is 6.30. The van der Waals surface area contributed by atoms with Crippen LogP contribution < -0.4 is 10.6 Å². The van der Waals surface area contributed by atoms with Crippen LogP contribution >= 0.6 is 11.6 Å². The van der Waals surface area contributed by atoms with Gasteiger partial charge in [-0.3, -0.25) is 0 Å². The summed E-state index contributed by atoms with van der Waals surface area (Å²) in [6.07, 6.45) is 3.44. The Morgan fingerprint density at radius 3 is 2.52 bits per heavy atom. The molecule has 1 aliphatic heterocycles. The lowest BCUT2D eigenvalue weighted by Gasteiger charge is -2.32. The van der Waals surface area contributed by atoms with E-state index in [1.54, 1.807) is 12.1 Å². The lowest BCUT2D eigenvalue weighted by atomic mass is 9.96. The van der Waals surface area contributed by atoms with Gasteiger partial charge in [-0.2, -0.15) is 0 Å². The van der Waals surface area contributed by atoms with Gasteiger partial charge >= 0.3 is 0 Å². The zero-order chi connectivity index (χ0) is 18.0. The number of quaternary nitrogens is 1. The maximum atomic E-state index is 10.3. The Labute approximate surface area is 154 Å². The summed E-state index contributed by atoms with van der Waals surface area (Å²) in [5.41, 5.74) is 4.45. The summed E-state index contributed by atoms with van der Waals surface area (Å²) in [6.45, 7) is 6.56. The minimum Gasteiger partial charge on any atom is -0.507 e. The normalized spacial score (nSPS) is 20.3. The van der Waals surface area contributed by atoms with Crippen LogP contribution in [0.25, 0.3) is 5.70 Å². The van der Waals surface area contributed by atoms with Crippen molar-refractivity contribution in [3.05, 3.63) is 70.3 Å². The highest BCUT2D eigenvalue weighted by Crippen LogP contribution is 2.29. The second kappa shape index (κ2) is 7.51. The van der Waals surface area contributed by atoms with Gasteiger partial charge in [-0.25, -0.2) is 0 Å². The van der Waals surface area contributed by atoms with Crippen molar-refractivity contribution in [2.45, 2.75) is 39.4 Å². The molecule has 0 saturated carbocycles. The van der Waals surface area contributed by atoms with E-state index in [1.165, 1.54) is 11.1 Å². The van der Waals surface area contributed by atoms with E-state index in [0.717, 1.165) is 17.7 Å². The molecule has 25 heavy (non-hydrogen) atoms. The fourth-order valence-corrected chi connectivity index (χ4v) is 3.39. The average Bonchev–Trinajstić information content (AvgIpc) is 2.63. The molecule has 0 saturated heterocycles. The topological polar surface area (TPSA) is 48.9 Å². The number of nitrogens with one attached hydrogen (secondary N) is 1. The van der Waals surface area contributed by atoms with Crippen LogP contribution in [0.3, 0.4) is 0 Å². The van der Waals surface area contributed by atoms with Gasteiger partial charge in [-0.15, -0.1) is 0 Å². The third kappa shape index (κ3) is 4.00. The second-order valence-corrected chi connectivity index (χ2v) is 7.40. The van der Waals surface area contributed by atoms with Crippen LogP contribution in [-0.2, 0) is 6.42 Å². The van der Waals surface area contributed by atoms with Crippen LogP contribution in [0.1, 0.15) is 43.5 Å². The number of aromatic hydroxyl groups is 1. The molecular weight excluding hydrogens is 332 g/mol. The first-order valence-corrected chi connectivity index (χ1v) is 9.26. The Morgan fingerprint density at radius 1 is 1.16 bits per heavy atom. The molecule has 1 aliphatic rings. The van der Waals surface area contributed by atoms with Gasteiger partial charge in [-0.1, -0.05) is 56.6 Å². The van der Waals surface area contributed by atoms with Gasteiger partial charge in [0, 0.05) is 22.7 Å². The molecule has 0 spiro atoms. The number of hydrogen-bond donors (Lipinski definition) is 3. The summed E-state index contributed by atoms with van der Waals surface area (Å²) < 4.78 is 0. The molecule has 2 aromatic carbocycles. The van der Waals surface area contributed by atoms with Crippen molar-refractivity contribution in [1.29, 1.82) is 0 Å². The molecule has 0 radical (unpaired) electrons. The number of halogens is 1. The van der Waals surface area contributed by atoms with E-state index >= 15 is 0 Å². The number of phenols is 1. The monoisotopic (exact) mass is 357 g/mol. The first-order chi connectivity index (χ1) is 12.0. The molecule has 2 aromatic rings. The van der Waals surface area contributed by atoms with E-state index in [4.69, 9.17) is 11.6 Å². The summed E-state index contributed by atoms with van der Waals surface area (Å²) in [5, 5.41) is 16.8. The van der Waals surface area contributed by atoms with Gasteiger partial charge in [0.15, 0.2) is 6.17 Å². The molecule has 1 heterocycles. The Morgan fingerprint density at radius 2 is 1.88 bits per heavy atom. The van der Waals surface area contributed by atoms with Gasteiger partial charge < -0.3 is 15.7 Å². The fraction of sp³-hybridized carbons (Fsp3) is 0.333. The van der Waals surface area contributed by atoms with E-state index < -0.39 is 0 Å². The highest BCUT2D eigenvalue weighted by Gasteiger charge is 2.30. The molecule has 2 unspecified atom stereocenters. The van der Waals surface area contributed by atoms with E-state index in [2.05, 4.69) is 61.7 Å². The molecule has 0 aromatic heterocycles. The van der Waals surface area contributed by atoms with Crippen LogP contribution in [0.15, 0.2) is 48.5 Å². The summed E-state index contributed by atoms with van der Waals surface area (Å²) in [7, 11) is 0. The summed E-state index contributed by atoms with van der Waals surface area (Å²) in [6, 6.07) is 13.9. The fourth-order valence-electron chi connectivity index (χ4n) is 3.21. The predicted octanol–water partition coefficient (Wildman–Crippen LogP) is 3.84. The minimum atomic E-state index is 0.0215. The third-order valence-electron chi connectivity index (χ3n) is 4.82. The molecular formula is C21H26ClN2O+. The van der Waals surface area contributed by atoms with Crippen molar-refractivity contribution in [2.75, 3.05) is 0 Å². The quantitative estimate of drug-likeness (QED) is 0.778. The van der Waals surface area contributed by atoms with Crippen molar-refractivity contribution < 1.29 is 10.4 Å². The third-order valence-corrected chi connectivity index (χ3v) is 5.06. The van der Waals surface area contributed by atoms with Crippen molar-refractivity contribution in [2.24, 2.45) is 5.92 Å². The second-order valence-electron chi connectivity index (χ2n) is 6.97. The van der Waals surface area contributed by atoms with Gasteiger partial charge in [0.25, 0.3) is 0 Å². The number of nitrogens with two attached hydrogens (primary N) is 1. The Hall–Kier alpha value is -1.97. The smallest absolute Gasteiger partial charge is 0.162 e. The van der Waals surface area contributed by atoms with Crippen molar-refractivity contribution in [3.63, 3.8) is 0 Å². The number of benzene rings is 2. The van der Waals surface area contributed by atoms with Crippen molar-refractivity contribution in [3.8, 4) is 5.75 Å². The Kier molecular flexibility index (Phi) is 5.36. The van der Waals surface area contributed by atoms with Crippen molar-refractivity contribution >= 4 is 17.3 Å². The molecule has 3 nitrogen and oxygen atoms in total. The van der Waals surface area contributed by atoms with E-state index in [-0.39, 0.29) is 18.0 Å². The average molecular weight is 358 g/mol. The van der Waals surface area contributed by atoms with Crippen LogP contribution in [0.2, 0.25) is 5.02 Å².